The number of nitrogens with one attached hydrogen (secondary N) is 2. The van der Waals surface area contributed by atoms with Crippen LogP contribution < -0.4 is 10.6 Å². The van der Waals surface area contributed by atoms with Gasteiger partial charge in [-0.25, -0.2) is 4.39 Å². The van der Waals surface area contributed by atoms with Crippen LogP contribution in [0.5, 0.6) is 0 Å². The Morgan fingerprint density at radius 1 is 1.18 bits per heavy atom. The number of benzene rings is 2. The lowest BCUT2D eigenvalue weighted by molar-refractivity contribution is -0.121. The molecule has 1 aliphatic rings. The maximum Gasteiger partial charge on any atom is 0.253 e. The van der Waals surface area contributed by atoms with Gasteiger partial charge in [0.1, 0.15) is 5.82 Å². The monoisotopic (exact) mass is 383 g/mol. The molecule has 2 N–H and O–H groups in total. The first kappa shape index (κ1) is 20.0. The molecule has 148 valence electrons. The van der Waals surface area contributed by atoms with Crippen molar-refractivity contribution in [3.05, 3.63) is 65.5 Å². The molecule has 1 fully saturated rings. The molecule has 2 amide bonds. The van der Waals surface area contributed by atoms with Gasteiger partial charge in [-0.15, -0.1) is 0 Å². The molecule has 1 saturated heterocycles. The van der Waals surface area contributed by atoms with Crippen molar-refractivity contribution in [2.75, 3.05) is 25.0 Å². The summed E-state index contributed by atoms with van der Waals surface area (Å²) < 4.78 is 13.1. The topological polar surface area (TPSA) is 61.4 Å². The Kier molecular flexibility index (Phi) is 6.76. The summed E-state index contributed by atoms with van der Waals surface area (Å²) >= 11 is 0. The number of carbonyl (C=O) groups excluding carboxylic acids is 2. The highest BCUT2D eigenvalue weighted by molar-refractivity contribution is 5.96. The number of halogens is 1. The molecule has 0 bridgehead atoms. The third kappa shape index (κ3) is 5.16. The Labute approximate surface area is 164 Å². The van der Waals surface area contributed by atoms with Gasteiger partial charge in [0, 0.05) is 30.9 Å². The van der Waals surface area contributed by atoms with Gasteiger partial charge in [-0.05, 0) is 61.3 Å². The van der Waals surface area contributed by atoms with E-state index in [1.54, 1.807) is 4.90 Å². The summed E-state index contributed by atoms with van der Waals surface area (Å²) in [4.78, 5) is 27.1. The van der Waals surface area contributed by atoms with Crippen molar-refractivity contribution in [1.29, 1.82) is 0 Å². The van der Waals surface area contributed by atoms with Crippen LogP contribution in [0.4, 0.5) is 10.1 Å². The van der Waals surface area contributed by atoms with Crippen molar-refractivity contribution in [3.8, 4) is 0 Å². The molecular weight excluding hydrogens is 357 g/mol. The molecule has 1 atom stereocenters. The average molecular weight is 383 g/mol. The van der Waals surface area contributed by atoms with Gasteiger partial charge in [0.25, 0.3) is 5.91 Å². The van der Waals surface area contributed by atoms with E-state index in [1.165, 1.54) is 24.3 Å². The van der Waals surface area contributed by atoms with Crippen LogP contribution in [0.15, 0.2) is 48.5 Å². The second kappa shape index (κ2) is 9.46. The van der Waals surface area contributed by atoms with E-state index in [-0.39, 0.29) is 23.5 Å². The number of hydrogen-bond donors (Lipinski definition) is 2. The molecule has 2 aromatic carbocycles. The quantitative estimate of drug-likeness (QED) is 0.803. The van der Waals surface area contributed by atoms with Gasteiger partial charge in [-0.3, -0.25) is 9.59 Å². The van der Waals surface area contributed by atoms with Crippen LogP contribution in [0.3, 0.4) is 0 Å². The molecule has 0 aliphatic carbocycles. The lowest BCUT2D eigenvalue weighted by atomic mass is 9.96. The van der Waals surface area contributed by atoms with E-state index in [2.05, 4.69) is 10.6 Å². The van der Waals surface area contributed by atoms with Crippen LogP contribution in [0, 0.1) is 11.7 Å². The maximum atomic E-state index is 13.1. The number of hydrogen-bond acceptors (Lipinski definition) is 3. The number of anilines is 1. The van der Waals surface area contributed by atoms with Crippen molar-refractivity contribution in [2.24, 2.45) is 5.92 Å². The summed E-state index contributed by atoms with van der Waals surface area (Å²) in [5.41, 5.74) is 2.32. The predicted octanol–water partition coefficient (Wildman–Crippen LogP) is 3.43. The highest BCUT2D eigenvalue weighted by Gasteiger charge is 2.29. The molecule has 0 saturated carbocycles. The normalized spacial score (nSPS) is 16.6. The molecule has 0 aromatic heterocycles. The van der Waals surface area contributed by atoms with Crippen LogP contribution in [0.25, 0.3) is 0 Å². The van der Waals surface area contributed by atoms with Gasteiger partial charge in [-0.1, -0.05) is 19.1 Å². The van der Waals surface area contributed by atoms with E-state index in [0.717, 1.165) is 37.2 Å². The highest BCUT2D eigenvalue weighted by atomic mass is 19.1. The molecule has 0 radical (unpaired) electrons. The van der Waals surface area contributed by atoms with Crippen LogP contribution in [0.1, 0.15) is 35.7 Å². The minimum absolute atomic E-state index is 0.0720. The Balaban J connectivity index is 1.61. The van der Waals surface area contributed by atoms with Crippen LogP contribution in [0.2, 0.25) is 0 Å². The fraction of sp³-hybridized carbons (Fsp3) is 0.364. The number of nitrogens with zero attached hydrogens (tertiary/aromatic N) is 1. The molecule has 1 aliphatic heterocycles. The number of rotatable bonds is 6. The Morgan fingerprint density at radius 2 is 1.96 bits per heavy atom. The van der Waals surface area contributed by atoms with Gasteiger partial charge in [0.2, 0.25) is 5.91 Å². The van der Waals surface area contributed by atoms with Crippen molar-refractivity contribution in [1.82, 2.24) is 10.2 Å². The summed E-state index contributed by atoms with van der Waals surface area (Å²) in [6, 6.07) is 13.3. The third-order valence-electron chi connectivity index (χ3n) is 4.94. The second-order valence-electron chi connectivity index (χ2n) is 7.07. The summed E-state index contributed by atoms with van der Waals surface area (Å²) in [6.45, 7) is 4.67. The van der Waals surface area contributed by atoms with Crippen LogP contribution in [-0.4, -0.2) is 36.3 Å². The molecule has 5 nitrogen and oxygen atoms in total. The Bertz CT molecular complexity index is 823. The van der Waals surface area contributed by atoms with E-state index < -0.39 is 0 Å². The van der Waals surface area contributed by atoms with E-state index in [0.29, 0.717) is 18.7 Å². The van der Waals surface area contributed by atoms with Gasteiger partial charge < -0.3 is 15.5 Å². The number of amides is 2. The SMILES string of the molecule is CCNCc1cccc(NC(=O)C2CCCN(C(=O)c3ccc(F)cc3)C2)c1. The summed E-state index contributed by atoms with van der Waals surface area (Å²) in [5.74, 6) is -0.860. The van der Waals surface area contributed by atoms with Crippen molar-refractivity contribution in [3.63, 3.8) is 0 Å². The van der Waals surface area contributed by atoms with Gasteiger partial charge in [-0.2, -0.15) is 0 Å². The number of piperidine rings is 1. The number of likely N-dealkylation sites (tertiary alicyclic amines) is 1. The van der Waals surface area contributed by atoms with Gasteiger partial charge >= 0.3 is 0 Å². The lowest BCUT2D eigenvalue weighted by Gasteiger charge is -2.32. The first-order valence-electron chi connectivity index (χ1n) is 9.72. The highest BCUT2D eigenvalue weighted by Crippen LogP contribution is 2.21. The van der Waals surface area contributed by atoms with Gasteiger partial charge in [0.15, 0.2) is 0 Å². The Morgan fingerprint density at radius 3 is 2.71 bits per heavy atom. The Hall–Kier alpha value is -2.73. The van der Waals surface area contributed by atoms with Crippen LogP contribution in [-0.2, 0) is 11.3 Å². The average Bonchev–Trinajstić information content (AvgIpc) is 2.72. The van der Waals surface area contributed by atoms with E-state index in [9.17, 15) is 14.0 Å². The summed E-state index contributed by atoms with van der Waals surface area (Å²) in [6.07, 6.45) is 1.52. The molecule has 1 heterocycles. The van der Waals surface area contributed by atoms with Crippen molar-refractivity contribution < 1.29 is 14.0 Å². The fourth-order valence-corrected chi connectivity index (χ4v) is 3.42. The molecule has 3 rings (SSSR count). The van der Waals surface area contributed by atoms with E-state index in [4.69, 9.17) is 0 Å². The standard InChI is InChI=1S/C22H26FN3O2/c1-2-24-14-16-5-3-7-20(13-16)25-21(27)18-6-4-12-26(15-18)22(28)17-8-10-19(23)11-9-17/h3,5,7-11,13,18,24H,2,4,6,12,14-15H2,1H3,(H,25,27). The summed E-state index contributed by atoms with van der Waals surface area (Å²) in [7, 11) is 0. The second-order valence-corrected chi connectivity index (χ2v) is 7.07. The largest absolute Gasteiger partial charge is 0.338 e. The smallest absolute Gasteiger partial charge is 0.253 e. The zero-order valence-electron chi connectivity index (χ0n) is 16.1. The first-order valence-corrected chi connectivity index (χ1v) is 9.72. The fourth-order valence-electron chi connectivity index (χ4n) is 3.42. The molecule has 0 spiro atoms. The zero-order valence-corrected chi connectivity index (χ0v) is 16.1. The maximum absolute atomic E-state index is 13.1. The molecule has 1 unspecified atom stereocenters. The summed E-state index contributed by atoms with van der Waals surface area (Å²) in [5, 5.41) is 6.25. The predicted molar refractivity (Wildman–Crippen MR) is 107 cm³/mol. The number of carbonyl (C=O) groups is 2. The molecule has 6 heteroatoms. The van der Waals surface area contributed by atoms with E-state index in [1.807, 2.05) is 31.2 Å². The molecular formula is C22H26FN3O2. The van der Waals surface area contributed by atoms with Crippen molar-refractivity contribution in [2.45, 2.75) is 26.3 Å². The lowest BCUT2D eigenvalue weighted by Crippen LogP contribution is -2.43. The first-order chi connectivity index (χ1) is 13.6. The van der Waals surface area contributed by atoms with Gasteiger partial charge in [0.05, 0.1) is 5.92 Å². The molecule has 28 heavy (non-hydrogen) atoms. The van der Waals surface area contributed by atoms with Crippen molar-refractivity contribution >= 4 is 17.5 Å². The minimum Gasteiger partial charge on any atom is -0.338 e. The van der Waals surface area contributed by atoms with E-state index >= 15 is 0 Å². The van der Waals surface area contributed by atoms with Crippen LogP contribution >= 0.6 is 0 Å². The molecule has 2 aromatic rings. The zero-order chi connectivity index (χ0) is 19.9. The minimum atomic E-state index is -0.371. The third-order valence-corrected chi connectivity index (χ3v) is 4.94.